The first-order valence-electron chi connectivity index (χ1n) is 20.5. The van der Waals surface area contributed by atoms with E-state index in [-0.39, 0.29) is 36.0 Å². The first-order valence-corrected chi connectivity index (χ1v) is 20.5. The minimum atomic E-state index is -0.889. The average molecular weight is 788 g/mol. The van der Waals surface area contributed by atoms with E-state index in [1.807, 2.05) is 74.5 Å². The Morgan fingerprint density at radius 2 is 1.28 bits per heavy atom. The van der Waals surface area contributed by atoms with Crippen LogP contribution in [-0.2, 0) is 41.6 Å². The summed E-state index contributed by atoms with van der Waals surface area (Å²) in [6.45, 7) is 4.93. The predicted molar refractivity (Wildman–Crippen MR) is 215 cm³/mol. The number of hydrogen-bond donors (Lipinski definition) is 5. The molecule has 7 N–H and O–H groups in total. The molecule has 0 bridgehead atoms. The average Bonchev–Trinajstić information content (AvgIpc) is 3.74. The number of nitrogens with zero attached hydrogens (tertiary/aromatic N) is 4. The van der Waals surface area contributed by atoms with Gasteiger partial charge in [0.05, 0.1) is 6.04 Å². The van der Waals surface area contributed by atoms with E-state index in [4.69, 9.17) is 11.6 Å². The Morgan fingerprint density at radius 1 is 0.737 bits per heavy atom. The fourth-order valence-electron chi connectivity index (χ4n) is 8.34. The van der Waals surface area contributed by atoms with Crippen LogP contribution >= 0.6 is 0 Å². The number of carbonyl (C=O) groups is 6. The fourth-order valence-corrected chi connectivity index (χ4v) is 8.34. The fraction of sp³-hybridized carbons (Fsp3) is 0.571. The molecule has 3 aliphatic rings. The van der Waals surface area contributed by atoms with Crippen molar-refractivity contribution in [3.8, 4) is 0 Å². The zero-order chi connectivity index (χ0) is 41.1. The maximum atomic E-state index is 14.6. The summed E-state index contributed by atoms with van der Waals surface area (Å²) >= 11 is 0. The summed E-state index contributed by atoms with van der Waals surface area (Å²) in [7, 11) is 1.55. The molecule has 3 saturated heterocycles. The van der Waals surface area contributed by atoms with Crippen LogP contribution in [0.15, 0.2) is 60.7 Å². The van der Waals surface area contributed by atoms with E-state index < -0.39 is 48.1 Å². The monoisotopic (exact) mass is 787 g/mol. The van der Waals surface area contributed by atoms with Crippen LogP contribution in [-0.4, -0.2) is 118 Å². The van der Waals surface area contributed by atoms with Crippen molar-refractivity contribution in [3.63, 3.8) is 0 Å². The summed E-state index contributed by atoms with van der Waals surface area (Å²) in [4.78, 5) is 88.1. The number of hydrogen-bond acceptors (Lipinski definition) is 9. The molecule has 0 aliphatic carbocycles. The number of rotatable bonds is 15. The molecule has 6 amide bonds. The molecule has 15 nitrogen and oxygen atoms in total. The SMILES string of the molecule is CCC(C)[C@H](NC(=O)[C@H](N)Cc1ccccc1)C(=O)N1CCCC[C@@H]1C(=O)N1CCCC[C@H]1C(=O)N(C)N[C@@H](Cc1ccccc1)C(=O)N1CCC[C@H]1C(=O)NN. The molecule has 57 heavy (non-hydrogen) atoms. The molecule has 1 unspecified atom stereocenters. The molecule has 0 spiro atoms. The minimum absolute atomic E-state index is 0.223. The number of benzene rings is 2. The van der Waals surface area contributed by atoms with Gasteiger partial charge in [-0.05, 0) is 81.3 Å². The Bertz CT molecular complexity index is 1700. The summed E-state index contributed by atoms with van der Waals surface area (Å²) in [5, 5.41) is 4.23. The number of nitrogens with two attached hydrogens (primary N) is 2. The van der Waals surface area contributed by atoms with Gasteiger partial charge in [-0.15, -0.1) is 0 Å². The van der Waals surface area contributed by atoms with Crippen molar-refractivity contribution in [2.24, 2.45) is 17.5 Å². The number of nitrogens with one attached hydrogen (secondary N) is 3. The molecule has 0 saturated carbocycles. The Morgan fingerprint density at radius 3 is 1.89 bits per heavy atom. The van der Waals surface area contributed by atoms with Crippen molar-refractivity contribution in [2.75, 3.05) is 26.7 Å². The summed E-state index contributed by atoms with van der Waals surface area (Å²) in [6, 6.07) is 13.9. The zero-order valence-corrected chi connectivity index (χ0v) is 33.6. The van der Waals surface area contributed by atoms with Crippen molar-refractivity contribution in [3.05, 3.63) is 71.8 Å². The Labute approximate surface area is 336 Å². The minimum Gasteiger partial charge on any atom is -0.343 e. The van der Waals surface area contributed by atoms with E-state index in [0.717, 1.165) is 24.0 Å². The topological polar surface area (TPSA) is 204 Å². The summed E-state index contributed by atoms with van der Waals surface area (Å²) in [5.41, 5.74) is 13.4. The van der Waals surface area contributed by atoms with Gasteiger partial charge in [0.2, 0.25) is 23.6 Å². The van der Waals surface area contributed by atoms with E-state index in [1.54, 1.807) is 16.8 Å². The number of hydrazine groups is 2. The van der Waals surface area contributed by atoms with Crippen molar-refractivity contribution in [1.82, 2.24) is 35.9 Å². The molecule has 5 rings (SSSR count). The van der Waals surface area contributed by atoms with Gasteiger partial charge < -0.3 is 25.8 Å². The van der Waals surface area contributed by atoms with Gasteiger partial charge in [0.15, 0.2) is 0 Å². The van der Waals surface area contributed by atoms with E-state index in [2.05, 4.69) is 16.2 Å². The molecule has 2 aromatic carbocycles. The van der Waals surface area contributed by atoms with Crippen LogP contribution < -0.4 is 27.7 Å². The third-order valence-corrected chi connectivity index (χ3v) is 11.8. The summed E-state index contributed by atoms with van der Waals surface area (Å²) in [6.07, 6.45) is 6.04. The highest BCUT2D eigenvalue weighted by Gasteiger charge is 2.44. The number of likely N-dealkylation sites (N-methyl/N-ethyl adjacent to an activating group) is 1. The van der Waals surface area contributed by atoms with Gasteiger partial charge in [-0.2, -0.15) is 0 Å². The van der Waals surface area contributed by atoms with E-state index in [1.165, 1.54) is 9.91 Å². The van der Waals surface area contributed by atoms with Gasteiger partial charge in [0, 0.05) is 26.7 Å². The molecule has 2 aromatic rings. The van der Waals surface area contributed by atoms with Crippen LogP contribution in [0.3, 0.4) is 0 Å². The van der Waals surface area contributed by atoms with Gasteiger partial charge in [-0.1, -0.05) is 80.9 Å². The smallest absolute Gasteiger partial charge is 0.259 e. The maximum Gasteiger partial charge on any atom is 0.259 e. The maximum absolute atomic E-state index is 14.6. The molecule has 7 atom stereocenters. The predicted octanol–water partition coefficient (Wildman–Crippen LogP) is 1.40. The normalized spacial score (nSPS) is 21.8. The van der Waals surface area contributed by atoms with Gasteiger partial charge in [0.25, 0.3) is 11.8 Å². The second-order valence-corrected chi connectivity index (χ2v) is 15.7. The van der Waals surface area contributed by atoms with E-state index in [0.29, 0.717) is 71.0 Å². The molecule has 310 valence electrons. The lowest BCUT2D eigenvalue weighted by molar-refractivity contribution is -0.157. The first-order chi connectivity index (χ1) is 27.4. The quantitative estimate of drug-likeness (QED) is 0.101. The van der Waals surface area contributed by atoms with Crippen molar-refractivity contribution in [2.45, 2.75) is 121 Å². The highest BCUT2D eigenvalue weighted by atomic mass is 16.2. The number of piperidine rings is 2. The molecule has 3 fully saturated rings. The van der Waals surface area contributed by atoms with Crippen LogP contribution in [0, 0.1) is 5.92 Å². The van der Waals surface area contributed by atoms with Crippen molar-refractivity contribution in [1.29, 1.82) is 0 Å². The lowest BCUT2D eigenvalue weighted by atomic mass is 9.92. The van der Waals surface area contributed by atoms with Crippen LogP contribution in [0.5, 0.6) is 0 Å². The number of likely N-dealkylation sites (tertiary alicyclic amines) is 3. The molecule has 0 radical (unpaired) electrons. The molecular weight excluding hydrogens is 727 g/mol. The molecule has 3 aliphatic heterocycles. The standard InChI is InChI=1S/C42H61N9O6/c1-4-28(2)36(45-37(52)31(43)26-29-16-7-5-8-17-29)42(57)51-24-14-12-21-35(51)41(56)50-23-13-11-20-34(50)40(55)48(3)47-32(27-30-18-9-6-10-19-30)39(54)49-25-15-22-33(49)38(53)46-44/h5-10,16-19,28,31-36,47H,4,11-15,20-27,43-44H2,1-3H3,(H,45,52)(H,46,53)/t28?,31-,32+,33+,34+,35-,36+/m1/s1. The van der Waals surface area contributed by atoms with Crippen LogP contribution in [0.25, 0.3) is 0 Å². The Kier molecular flexibility index (Phi) is 15.6. The Balaban J connectivity index is 1.31. The summed E-state index contributed by atoms with van der Waals surface area (Å²) < 4.78 is 0. The molecular formula is C42H61N9O6. The van der Waals surface area contributed by atoms with Gasteiger partial charge in [0.1, 0.15) is 30.2 Å². The van der Waals surface area contributed by atoms with Gasteiger partial charge >= 0.3 is 0 Å². The zero-order valence-electron chi connectivity index (χ0n) is 33.6. The second kappa shape index (κ2) is 20.5. The van der Waals surface area contributed by atoms with Gasteiger partial charge in [-0.25, -0.2) is 11.3 Å². The molecule has 15 heteroatoms. The largest absolute Gasteiger partial charge is 0.343 e. The lowest BCUT2D eigenvalue weighted by Gasteiger charge is -2.43. The second-order valence-electron chi connectivity index (χ2n) is 15.7. The Hall–Kier alpha value is -4.86. The van der Waals surface area contributed by atoms with E-state index >= 15 is 0 Å². The number of amides is 6. The third-order valence-electron chi connectivity index (χ3n) is 11.8. The third kappa shape index (κ3) is 10.8. The van der Waals surface area contributed by atoms with E-state index in [9.17, 15) is 28.8 Å². The summed E-state index contributed by atoms with van der Waals surface area (Å²) in [5.74, 6) is 3.01. The van der Waals surface area contributed by atoms with Crippen LogP contribution in [0.2, 0.25) is 0 Å². The van der Waals surface area contributed by atoms with Crippen LogP contribution in [0.4, 0.5) is 0 Å². The molecule has 0 aromatic heterocycles. The van der Waals surface area contributed by atoms with Crippen molar-refractivity contribution >= 4 is 35.4 Å². The highest BCUT2D eigenvalue weighted by Crippen LogP contribution is 2.27. The first kappa shape index (κ1) is 43.3. The number of carbonyl (C=O) groups excluding carboxylic acids is 6. The van der Waals surface area contributed by atoms with Gasteiger partial charge in [-0.3, -0.25) is 39.2 Å². The highest BCUT2D eigenvalue weighted by molar-refractivity contribution is 5.95. The van der Waals surface area contributed by atoms with Crippen molar-refractivity contribution < 1.29 is 28.8 Å². The lowest BCUT2D eigenvalue weighted by Crippen LogP contribution is -2.64. The molecule has 3 heterocycles. The van der Waals surface area contributed by atoms with Crippen LogP contribution in [0.1, 0.15) is 82.8 Å².